The zero-order valence-corrected chi connectivity index (χ0v) is 16.3. The van der Waals surface area contributed by atoms with Crippen molar-refractivity contribution in [1.82, 2.24) is 0 Å². The second-order valence-corrected chi connectivity index (χ2v) is 7.67. The van der Waals surface area contributed by atoms with E-state index >= 15 is 0 Å². The van der Waals surface area contributed by atoms with Crippen molar-refractivity contribution in [3.63, 3.8) is 0 Å². The van der Waals surface area contributed by atoms with Crippen LogP contribution >= 0.6 is 46.4 Å². The maximum Gasteiger partial charge on any atom is 0.218 e. The summed E-state index contributed by atoms with van der Waals surface area (Å²) in [6.07, 6.45) is -0.303. The molecule has 2 nitrogen and oxygen atoms in total. The molecule has 2 aliphatic rings. The molecule has 0 bridgehead atoms. The highest BCUT2D eigenvalue weighted by molar-refractivity contribution is 6.61. The van der Waals surface area contributed by atoms with Gasteiger partial charge in [0.1, 0.15) is 10.1 Å². The standard InChI is InChI=1S/C20H12Cl4O2/c21-14-16(25)15(22)19(24)20(18(14)23)13(11-7-3-1-4-8-11)17(26-20)12-9-5-2-6-10-12/h1-10,13,17H/t13-,17-/m0/s1. The van der Waals surface area contributed by atoms with Gasteiger partial charge in [-0.1, -0.05) is 107 Å². The summed E-state index contributed by atoms with van der Waals surface area (Å²) in [7, 11) is 0. The summed E-state index contributed by atoms with van der Waals surface area (Å²) in [4.78, 5) is 12.2. The topological polar surface area (TPSA) is 26.3 Å². The first-order chi connectivity index (χ1) is 12.5. The Balaban J connectivity index is 1.91. The van der Waals surface area contributed by atoms with E-state index in [0.717, 1.165) is 11.1 Å². The first-order valence-electron chi connectivity index (χ1n) is 7.92. The fourth-order valence-electron chi connectivity index (χ4n) is 3.55. The molecule has 0 amide bonds. The van der Waals surface area contributed by atoms with E-state index in [1.165, 1.54) is 0 Å². The van der Waals surface area contributed by atoms with E-state index in [1.807, 2.05) is 60.7 Å². The molecule has 2 atom stereocenters. The first-order valence-corrected chi connectivity index (χ1v) is 9.43. The second kappa shape index (κ2) is 6.70. The van der Waals surface area contributed by atoms with E-state index in [9.17, 15) is 4.79 Å². The Bertz CT molecular complexity index is 907. The van der Waals surface area contributed by atoms with E-state index in [1.54, 1.807) is 0 Å². The Morgan fingerprint density at radius 1 is 0.731 bits per heavy atom. The monoisotopic (exact) mass is 424 g/mol. The number of hydrogen-bond donors (Lipinski definition) is 0. The Kier molecular flexibility index (Phi) is 4.66. The van der Waals surface area contributed by atoms with E-state index in [2.05, 4.69) is 0 Å². The van der Waals surface area contributed by atoms with Crippen molar-refractivity contribution < 1.29 is 9.53 Å². The lowest BCUT2D eigenvalue weighted by Crippen LogP contribution is -2.56. The smallest absolute Gasteiger partial charge is 0.218 e. The molecule has 2 aromatic rings. The number of allylic oxidation sites excluding steroid dienone is 2. The lowest BCUT2D eigenvalue weighted by molar-refractivity contribution is -0.183. The molecular weight excluding hydrogens is 414 g/mol. The molecule has 132 valence electrons. The van der Waals surface area contributed by atoms with Gasteiger partial charge < -0.3 is 4.74 Å². The third kappa shape index (κ3) is 2.48. The molecule has 1 aliphatic carbocycles. The lowest BCUT2D eigenvalue weighted by atomic mass is 9.68. The number of halogens is 4. The van der Waals surface area contributed by atoms with Gasteiger partial charge in [0.05, 0.1) is 22.1 Å². The van der Waals surface area contributed by atoms with Crippen LogP contribution in [0.5, 0.6) is 0 Å². The number of carbonyl (C=O) groups excluding carboxylic acids is 1. The molecule has 0 saturated carbocycles. The van der Waals surface area contributed by atoms with Crippen LogP contribution in [0.25, 0.3) is 0 Å². The molecule has 0 aromatic heterocycles. The van der Waals surface area contributed by atoms with Gasteiger partial charge in [0.25, 0.3) is 0 Å². The zero-order valence-electron chi connectivity index (χ0n) is 13.3. The molecular formula is C20H12Cl4O2. The van der Waals surface area contributed by atoms with Crippen molar-refractivity contribution in [2.45, 2.75) is 17.6 Å². The predicted octanol–water partition coefficient (Wildman–Crippen LogP) is 6.24. The summed E-state index contributed by atoms with van der Waals surface area (Å²) in [5, 5.41) is -0.179. The molecule has 0 unspecified atom stereocenters. The molecule has 1 fully saturated rings. The fourth-order valence-corrected chi connectivity index (χ4v) is 4.80. The van der Waals surface area contributed by atoms with Crippen LogP contribution in [0, 0.1) is 0 Å². The van der Waals surface area contributed by atoms with Crippen LogP contribution in [0.1, 0.15) is 23.1 Å². The van der Waals surface area contributed by atoms with Crippen LogP contribution in [-0.2, 0) is 9.53 Å². The molecule has 1 spiro atoms. The van der Waals surface area contributed by atoms with E-state index in [-0.39, 0.29) is 32.2 Å². The Morgan fingerprint density at radius 2 is 1.19 bits per heavy atom. The van der Waals surface area contributed by atoms with Crippen molar-refractivity contribution in [1.29, 1.82) is 0 Å². The number of Topliss-reactive ketones (excluding diaryl/α,β-unsaturated/α-hetero) is 1. The minimum atomic E-state index is -1.26. The van der Waals surface area contributed by atoms with Gasteiger partial charge in [-0.2, -0.15) is 0 Å². The molecule has 0 radical (unpaired) electrons. The van der Waals surface area contributed by atoms with Crippen LogP contribution in [0.3, 0.4) is 0 Å². The fraction of sp³-hybridized carbons (Fsp3) is 0.150. The largest absolute Gasteiger partial charge is 0.354 e. The van der Waals surface area contributed by atoms with Gasteiger partial charge in [-0.3, -0.25) is 4.79 Å². The van der Waals surface area contributed by atoms with Crippen LogP contribution in [0.4, 0.5) is 0 Å². The van der Waals surface area contributed by atoms with Crippen molar-refractivity contribution in [3.05, 3.63) is 91.9 Å². The van der Waals surface area contributed by atoms with Crippen LogP contribution < -0.4 is 0 Å². The van der Waals surface area contributed by atoms with Crippen molar-refractivity contribution in [3.8, 4) is 0 Å². The Labute approximate surface area is 171 Å². The van der Waals surface area contributed by atoms with Crippen molar-refractivity contribution >= 4 is 52.2 Å². The molecule has 1 heterocycles. The van der Waals surface area contributed by atoms with Crippen molar-refractivity contribution in [2.75, 3.05) is 0 Å². The number of carbonyl (C=O) groups is 1. The van der Waals surface area contributed by atoms with E-state index in [4.69, 9.17) is 51.1 Å². The third-order valence-corrected chi connectivity index (χ3v) is 6.63. The summed E-state index contributed by atoms with van der Waals surface area (Å²) >= 11 is 25.3. The van der Waals surface area contributed by atoms with Gasteiger partial charge in [0, 0.05) is 0 Å². The maximum absolute atomic E-state index is 12.2. The van der Waals surface area contributed by atoms with Gasteiger partial charge in [0.15, 0.2) is 5.60 Å². The number of hydrogen-bond acceptors (Lipinski definition) is 2. The molecule has 1 aliphatic heterocycles. The number of ketones is 1. The molecule has 2 aromatic carbocycles. The van der Waals surface area contributed by atoms with Gasteiger partial charge in [-0.15, -0.1) is 0 Å². The predicted molar refractivity (Wildman–Crippen MR) is 105 cm³/mol. The average Bonchev–Trinajstić information content (AvgIpc) is 2.66. The molecule has 0 N–H and O–H groups in total. The highest BCUT2D eigenvalue weighted by atomic mass is 35.5. The minimum Gasteiger partial charge on any atom is -0.354 e. The summed E-state index contributed by atoms with van der Waals surface area (Å²) in [5.74, 6) is -0.866. The summed E-state index contributed by atoms with van der Waals surface area (Å²) in [6.45, 7) is 0. The first kappa shape index (κ1) is 18.1. The number of rotatable bonds is 2. The van der Waals surface area contributed by atoms with Crippen LogP contribution in [0.15, 0.2) is 80.8 Å². The summed E-state index contributed by atoms with van der Waals surface area (Å²) in [6, 6.07) is 19.5. The van der Waals surface area contributed by atoms with Gasteiger partial charge in [-0.05, 0) is 11.1 Å². The van der Waals surface area contributed by atoms with Gasteiger partial charge in [0.2, 0.25) is 5.78 Å². The Hall–Kier alpha value is -1.29. The van der Waals surface area contributed by atoms with E-state index < -0.39 is 11.4 Å². The Morgan fingerprint density at radius 3 is 1.69 bits per heavy atom. The van der Waals surface area contributed by atoms with Crippen LogP contribution in [-0.4, -0.2) is 11.4 Å². The highest BCUT2D eigenvalue weighted by Gasteiger charge is 2.64. The number of ether oxygens (including phenoxy) is 1. The van der Waals surface area contributed by atoms with E-state index in [0.29, 0.717) is 0 Å². The second-order valence-electron chi connectivity index (χ2n) is 6.16. The molecule has 6 heteroatoms. The lowest BCUT2D eigenvalue weighted by Gasteiger charge is -2.56. The van der Waals surface area contributed by atoms with Crippen LogP contribution in [0.2, 0.25) is 0 Å². The van der Waals surface area contributed by atoms with Crippen molar-refractivity contribution in [2.24, 2.45) is 0 Å². The summed E-state index contributed by atoms with van der Waals surface area (Å²) in [5.41, 5.74) is 0.685. The van der Waals surface area contributed by atoms with Gasteiger partial charge >= 0.3 is 0 Å². The quantitative estimate of drug-likeness (QED) is 0.568. The normalized spacial score (nSPS) is 24.8. The molecule has 1 saturated heterocycles. The summed E-state index contributed by atoms with van der Waals surface area (Å²) < 4.78 is 6.23. The minimum absolute atomic E-state index is 0.0691. The molecule has 26 heavy (non-hydrogen) atoms. The number of benzene rings is 2. The third-order valence-electron chi connectivity index (χ3n) is 4.78. The molecule has 4 rings (SSSR count). The van der Waals surface area contributed by atoms with Gasteiger partial charge in [-0.25, -0.2) is 0 Å². The highest BCUT2D eigenvalue weighted by Crippen LogP contribution is 2.65. The zero-order chi connectivity index (χ0) is 18.5. The maximum atomic E-state index is 12.2. The SMILES string of the molecule is O=C1C(Cl)=C(Cl)C2(O[C@@H](c3ccccc3)[C@@H]2c2ccccc2)C(Cl)=C1Cl. The average molecular weight is 426 g/mol.